The second kappa shape index (κ2) is 12.1. The predicted octanol–water partition coefficient (Wildman–Crippen LogP) is 5.14. The zero-order chi connectivity index (χ0) is 30.8. The number of hydrogen-bond donors (Lipinski definition) is 2. The number of ether oxygens (including phenoxy) is 2. The van der Waals surface area contributed by atoms with Crippen molar-refractivity contribution in [2.75, 3.05) is 24.3 Å². The molecule has 5 aromatic rings. The van der Waals surface area contributed by atoms with E-state index < -0.39 is 17.3 Å². The Morgan fingerprint density at radius 2 is 1.84 bits per heavy atom. The first-order chi connectivity index (χ1) is 21.3. The second-order valence-corrected chi connectivity index (χ2v) is 10.5. The fourth-order valence-corrected chi connectivity index (χ4v) is 5.26. The molecule has 6 rings (SSSR count). The number of rotatable bonds is 7. The zero-order valence-electron chi connectivity index (χ0n) is 24.3. The van der Waals surface area contributed by atoms with Crippen LogP contribution in [0.3, 0.4) is 0 Å². The molecular formula is C33H31FN6O4. The zero-order valence-corrected chi connectivity index (χ0v) is 24.3. The number of nitrogens with zero attached hydrogens (tertiary/aromatic N) is 4. The standard InChI is InChI=1S/C33H31FN6O4/c1-20-29(33(42)40(39(20)2)23-8-4-3-5-9-23)32(41)37-22-11-12-26(27(34)18-22)30-31(35)36-19-28(38-30)21-7-6-10-25(17-21)44-24-13-15-43-16-14-24/h3-12,17-19,24H,13-16H2,1-2H3,(H2,35,36)(H,37,41). The predicted molar refractivity (Wildman–Crippen MR) is 165 cm³/mol. The number of aromatic nitrogens is 4. The fourth-order valence-electron chi connectivity index (χ4n) is 5.26. The van der Waals surface area contributed by atoms with E-state index in [0.717, 1.165) is 24.5 Å². The Bertz CT molecular complexity index is 1900. The highest BCUT2D eigenvalue weighted by atomic mass is 19.1. The summed E-state index contributed by atoms with van der Waals surface area (Å²) in [6.07, 6.45) is 3.25. The van der Waals surface area contributed by atoms with Crippen molar-refractivity contribution in [1.82, 2.24) is 19.3 Å². The van der Waals surface area contributed by atoms with Crippen LogP contribution in [0.2, 0.25) is 0 Å². The third kappa shape index (κ3) is 5.69. The van der Waals surface area contributed by atoms with Crippen LogP contribution >= 0.6 is 0 Å². The van der Waals surface area contributed by atoms with Gasteiger partial charge in [-0.2, -0.15) is 0 Å². The summed E-state index contributed by atoms with van der Waals surface area (Å²) in [5, 5.41) is 2.65. The third-order valence-corrected chi connectivity index (χ3v) is 7.67. The molecule has 3 heterocycles. The molecule has 10 nitrogen and oxygen atoms in total. The molecule has 11 heteroatoms. The Morgan fingerprint density at radius 3 is 2.59 bits per heavy atom. The minimum Gasteiger partial charge on any atom is -0.490 e. The van der Waals surface area contributed by atoms with E-state index in [0.29, 0.717) is 36.0 Å². The van der Waals surface area contributed by atoms with Gasteiger partial charge in [-0.25, -0.2) is 19.0 Å². The lowest BCUT2D eigenvalue weighted by Gasteiger charge is -2.23. The summed E-state index contributed by atoms with van der Waals surface area (Å²) in [4.78, 5) is 35.3. The molecule has 0 saturated carbocycles. The molecule has 224 valence electrons. The SMILES string of the molecule is Cc1c(C(=O)Nc2ccc(-c3nc(-c4cccc(OC5CCOCC5)c4)cnc3N)c(F)c2)c(=O)n(-c2ccccc2)n1C. The summed E-state index contributed by atoms with van der Waals surface area (Å²) in [5.74, 6) is -0.552. The lowest BCUT2D eigenvalue weighted by atomic mass is 10.1. The fraction of sp³-hybridized carbons (Fsp3) is 0.212. The number of halogens is 1. The maximum Gasteiger partial charge on any atom is 0.284 e. The number of benzene rings is 3. The average Bonchev–Trinajstić information content (AvgIpc) is 3.25. The maximum atomic E-state index is 15.5. The number of nitrogens with two attached hydrogens (primary N) is 1. The van der Waals surface area contributed by atoms with Crippen molar-refractivity contribution in [3.05, 3.63) is 106 Å². The number of para-hydroxylation sites is 1. The molecule has 1 fully saturated rings. The van der Waals surface area contributed by atoms with Crippen molar-refractivity contribution in [2.45, 2.75) is 25.9 Å². The van der Waals surface area contributed by atoms with Gasteiger partial charge in [0.1, 0.15) is 34.7 Å². The van der Waals surface area contributed by atoms with Crippen molar-refractivity contribution >= 4 is 17.4 Å². The van der Waals surface area contributed by atoms with Gasteiger partial charge in [-0.1, -0.05) is 30.3 Å². The summed E-state index contributed by atoms with van der Waals surface area (Å²) in [6, 6.07) is 20.6. The molecule has 3 aromatic carbocycles. The highest BCUT2D eigenvalue weighted by Crippen LogP contribution is 2.31. The lowest BCUT2D eigenvalue weighted by Crippen LogP contribution is -2.25. The van der Waals surface area contributed by atoms with Crippen LogP contribution in [-0.4, -0.2) is 44.6 Å². The molecule has 1 saturated heterocycles. The molecule has 1 amide bonds. The van der Waals surface area contributed by atoms with E-state index >= 15 is 4.39 Å². The minimum atomic E-state index is -0.663. The van der Waals surface area contributed by atoms with Gasteiger partial charge in [0.05, 0.1) is 36.5 Å². The molecule has 1 aliphatic rings. The van der Waals surface area contributed by atoms with Gasteiger partial charge in [0, 0.05) is 36.7 Å². The van der Waals surface area contributed by atoms with E-state index in [1.54, 1.807) is 42.9 Å². The second-order valence-electron chi connectivity index (χ2n) is 10.5. The number of carbonyl (C=O) groups excluding carboxylic acids is 1. The van der Waals surface area contributed by atoms with Crippen molar-refractivity contribution < 1.29 is 18.7 Å². The molecule has 44 heavy (non-hydrogen) atoms. The largest absolute Gasteiger partial charge is 0.490 e. The highest BCUT2D eigenvalue weighted by molar-refractivity contribution is 6.05. The van der Waals surface area contributed by atoms with Crippen LogP contribution in [0.4, 0.5) is 15.9 Å². The van der Waals surface area contributed by atoms with Crippen molar-refractivity contribution in [3.8, 4) is 34.0 Å². The van der Waals surface area contributed by atoms with Crippen LogP contribution in [0.1, 0.15) is 28.9 Å². The number of nitrogen functional groups attached to an aromatic ring is 1. The molecule has 0 radical (unpaired) electrons. The van der Waals surface area contributed by atoms with Gasteiger partial charge in [0.15, 0.2) is 0 Å². The van der Waals surface area contributed by atoms with Crippen molar-refractivity contribution in [2.24, 2.45) is 7.05 Å². The molecule has 2 aromatic heterocycles. The van der Waals surface area contributed by atoms with Crippen molar-refractivity contribution in [3.63, 3.8) is 0 Å². The summed E-state index contributed by atoms with van der Waals surface area (Å²) in [5.41, 5.74) is 8.40. The van der Waals surface area contributed by atoms with Gasteiger partial charge in [0.25, 0.3) is 11.5 Å². The first kappa shape index (κ1) is 28.8. The molecule has 0 bridgehead atoms. The summed E-state index contributed by atoms with van der Waals surface area (Å²) < 4.78 is 30.1. The molecule has 0 aliphatic carbocycles. The molecule has 1 aliphatic heterocycles. The van der Waals surface area contributed by atoms with E-state index in [4.69, 9.17) is 15.2 Å². The monoisotopic (exact) mass is 594 g/mol. The molecule has 0 spiro atoms. The maximum absolute atomic E-state index is 15.5. The van der Waals surface area contributed by atoms with Gasteiger partial charge < -0.3 is 20.5 Å². The topological polar surface area (TPSA) is 126 Å². The number of hydrogen-bond acceptors (Lipinski definition) is 7. The van der Waals surface area contributed by atoms with E-state index in [2.05, 4.69) is 15.3 Å². The van der Waals surface area contributed by atoms with Crippen LogP contribution in [0.15, 0.2) is 83.8 Å². The lowest BCUT2D eigenvalue weighted by molar-refractivity contribution is 0.0256. The van der Waals surface area contributed by atoms with Crippen LogP contribution in [-0.2, 0) is 11.8 Å². The summed E-state index contributed by atoms with van der Waals surface area (Å²) in [6.45, 7) is 3.02. The van der Waals surface area contributed by atoms with Crippen LogP contribution in [0, 0.1) is 12.7 Å². The van der Waals surface area contributed by atoms with E-state index in [9.17, 15) is 9.59 Å². The number of anilines is 2. The highest BCUT2D eigenvalue weighted by Gasteiger charge is 2.23. The van der Waals surface area contributed by atoms with Gasteiger partial charge in [-0.05, 0) is 49.4 Å². The number of amides is 1. The third-order valence-electron chi connectivity index (χ3n) is 7.67. The Kier molecular flexibility index (Phi) is 7.95. The van der Waals surface area contributed by atoms with Crippen LogP contribution < -0.4 is 21.3 Å². The van der Waals surface area contributed by atoms with Crippen LogP contribution in [0.5, 0.6) is 5.75 Å². The molecule has 3 N–H and O–H groups in total. The quantitative estimate of drug-likeness (QED) is 0.267. The first-order valence-electron chi connectivity index (χ1n) is 14.2. The normalized spacial score (nSPS) is 13.5. The Labute approximate surface area is 252 Å². The van der Waals surface area contributed by atoms with E-state index in [1.165, 1.54) is 23.0 Å². The summed E-state index contributed by atoms with van der Waals surface area (Å²) >= 11 is 0. The Morgan fingerprint density at radius 1 is 1.07 bits per heavy atom. The van der Waals surface area contributed by atoms with Gasteiger partial charge in [0.2, 0.25) is 0 Å². The number of carbonyl (C=O) groups is 1. The van der Waals surface area contributed by atoms with Gasteiger partial charge >= 0.3 is 0 Å². The van der Waals surface area contributed by atoms with Gasteiger partial charge in [-0.15, -0.1) is 0 Å². The molecular weight excluding hydrogens is 563 g/mol. The summed E-state index contributed by atoms with van der Waals surface area (Å²) in [7, 11) is 1.70. The molecule has 0 unspecified atom stereocenters. The van der Waals surface area contributed by atoms with Gasteiger partial charge in [-0.3, -0.25) is 14.3 Å². The minimum absolute atomic E-state index is 0.0355. The number of nitrogens with one attached hydrogen (secondary N) is 1. The molecule has 0 atom stereocenters. The van der Waals surface area contributed by atoms with Crippen LogP contribution in [0.25, 0.3) is 28.2 Å². The first-order valence-corrected chi connectivity index (χ1v) is 14.2. The van der Waals surface area contributed by atoms with Crippen molar-refractivity contribution in [1.29, 1.82) is 0 Å². The Balaban J connectivity index is 1.24. The average molecular weight is 595 g/mol. The van der Waals surface area contributed by atoms with E-state index in [1.807, 2.05) is 30.3 Å². The Hall–Kier alpha value is -5.29. The smallest absolute Gasteiger partial charge is 0.284 e. The van der Waals surface area contributed by atoms with E-state index in [-0.39, 0.29) is 34.4 Å².